The first-order valence-corrected chi connectivity index (χ1v) is 9.56. The highest BCUT2D eigenvalue weighted by molar-refractivity contribution is 5.87. The van der Waals surface area contributed by atoms with Crippen LogP contribution in [-0.2, 0) is 22.7 Å². The third kappa shape index (κ3) is 9.24. The van der Waals surface area contributed by atoms with Gasteiger partial charge in [0.05, 0.1) is 12.6 Å². The number of hydrogen-bond donors (Lipinski definition) is 3. The minimum Gasteiger partial charge on any atom is -0.350 e. The number of likely N-dealkylation sites (tertiary alicyclic amines) is 1. The van der Waals surface area contributed by atoms with Gasteiger partial charge in [-0.15, -0.1) is 24.8 Å². The second kappa shape index (κ2) is 13.8. The summed E-state index contributed by atoms with van der Waals surface area (Å²) in [6.45, 7) is 7.52. The third-order valence-corrected chi connectivity index (χ3v) is 4.81. The van der Waals surface area contributed by atoms with Crippen LogP contribution in [-0.4, -0.2) is 42.4 Å². The van der Waals surface area contributed by atoms with Gasteiger partial charge >= 0.3 is 0 Å². The van der Waals surface area contributed by atoms with Crippen molar-refractivity contribution in [1.82, 2.24) is 15.5 Å². The molecule has 28 heavy (non-hydrogen) atoms. The third-order valence-electron chi connectivity index (χ3n) is 4.81. The van der Waals surface area contributed by atoms with Gasteiger partial charge in [-0.2, -0.15) is 0 Å². The van der Waals surface area contributed by atoms with E-state index in [1.807, 2.05) is 26.0 Å². The number of hydrogen-bond acceptors (Lipinski definition) is 4. The second-order valence-corrected chi connectivity index (χ2v) is 7.42. The molecule has 2 rings (SSSR count). The van der Waals surface area contributed by atoms with Crippen molar-refractivity contribution in [1.29, 1.82) is 0 Å². The van der Waals surface area contributed by atoms with E-state index in [0.29, 0.717) is 6.54 Å². The van der Waals surface area contributed by atoms with Crippen molar-refractivity contribution in [3.05, 3.63) is 35.4 Å². The first-order chi connectivity index (χ1) is 12.5. The zero-order valence-corrected chi connectivity index (χ0v) is 18.4. The summed E-state index contributed by atoms with van der Waals surface area (Å²) in [4.78, 5) is 26.1. The Bertz CT molecular complexity index is 590. The average molecular weight is 433 g/mol. The summed E-state index contributed by atoms with van der Waals surface area (Å²) in [5, 5.41) is 5.39. The van der Waals surface area contributed by atoms with Crippen molar-refractivity contribution in [3.63, 3.8) is 0 Å². The lowest BCUT2D eigenvalue weighted by Gasteiger charge is -2.26. The van der Waals surface area contributed by atoms with Crippen LogP contribution in [0, 0.1) is 5.92 Å². The summed E-state index contributed by atoms with van der Waals surface area (Å²) in [7, 11) is 0. The molecule has 1 heterocycles. The van der Waals surface area contributed by atoms with Crippen LogP contribution in [0.2, 0.25) is 0 Å². The minimum absolute atomic E-state index is 0. The van der Waals surface area contributed by atoms with Gasteiger partial charge in [-0.1, -0.05) is 44.5 Å². The summed E-state index contributed by atoms with van der Waals surface area (Å²) in [5.41, 5.74) is 8.10. The first kappa shape index (κ1) is 26.7. The molecule has 1 aliphatic rings. The topological polar surface area (TPSA) is 87.5 Å². The molecule has 2 amide bonds. The number of benzene rings is 1. The van der Waals surface area contributed by atoms with Crippen LogP contribution in [0.3, 0.4) is 0 Å². The van der Waals surface area contributed by atoms with E-state index in [2.05, 4.69) is 27.7 Å². The molecule has 8 heteroatoms. The number of nitrogens with zero attached hydrogens (tertiary/aromatic N) is 1. The molecular weight excluding hydrogens is 399 g/mol. The lowest BCUT2D eigenvalue weighted by molar-refractivity contribution is -0.127. The molecule has 0 bridgehead atoms. The van der Waals surface area contributed by atoms with E-state index in [9.17, 15) is 9.59 Å². The van der Waals surface area contributed by atoms with Gasteiger partial charge in [0.2, 0.25) is 11.8 Å². The Balaban J connectivity index is 0.00000364. The normalized spacial score (nSPS) is 15.1. The quantitative estimate of drug-likeness (QED) is 0.587. The van der Waals surface area contributed by atoms with E-state index in [1.165, 1.54) is 37.9 Å². The van der Waals surface area contributed by atoms with Crippen molar-refractivity contribution >= 4 is 36.6 Å². The van der Waals surface area contributed by atoms with Crippen molar-refractivity contribution in [2.75, 3.05) is 19.6 Å². The highest BCUT2D eigenvalue weighted by Crippen LogP contribution is 2.13. The standard InChI is InChI=1S/C20H32N4O2.2ClH/c1-15(2)19(21)20(26)23-13-18(25)22-12-16-6-8-17(9-7-16)14-24-10-4-3-5-11-24;;/h6-9,15,19H,3-5,10-14,21H2,1-2H3,(H,22,25)(H,23,26);2*1H/t19-;;/m0../s1. The number of rotatable bonds is 8. The van der Waals surface area contributed by atoms with E-state index >= 15 is 0 Å². The fourth-order valence-electron chi connectivity index (χ4n) is 2.99. The predicted octanol–water partition coefficient (Wildman–Crippen LogP) is 2.23. The average Bonchev–Trinajstić information content (AvgIpc) is 2.65. The van der Waals surface area contributed by atoms with Gasteiger partial charge in [0.1, 0.15) is 0 Å². The summed E-state index contributed by atoms with van der Waals surface area (Å²) in [5.74, 6) is -0.467. The van der Waals surface area contributed by atoms with Gasteiger partial charge in [-0.25, -0.2) is 0 Å². The van der Waals surface area contributed by atoms with Gasteiger partial charge in [0.25, 0.3) is 0 Å². The van der Waals surface area contributed by atoms with E-state index in [1.54, 1.807) is 0 Å². The molecule has 1 aliphatic heterocycles. The fraction of sp³-hybridized carbons (Fsp3) is 0.600. The number of nitrogens with two attached hydrogens (primary N) is 1. The van der Waals surface area contributed by atoms with Gasteiger partial charge in [0.15, 0.2) is 0 Å². The Morgan fingerprint density at radius 1 is 1.00 bits per heavy atom. The number of amides is 2. The number of piperidine rings is 1. The molecule has 0 saturated carbocycles. The number of nitrogens with one attached hydrogen (secondary N) is 2. The minimum atomic E-state index is -0.588. The van der Waals surface area contributed by atoms with Crippen LogP contribution in [0.15, 0.2) is 24.3 Å². The van der Waals surface area contributed by atoms with Gasteiger partial charge in [-0.05, 0) is 43.0 Å². The maximum atomic E-state index is 11.9. The van der Waals surface area contributed by atoms with Crippen molar-refractivity contribution in [2.45, 2.75) is 52.2 Å². The lowest BCUT2D eigenvalue weighted by atomic mass is 10.1. The van der Waals surface area contributed by atoms with E-state index in [4.69, 9.17) is 5.73 Å². The molecule has 1 fully saturated rings. The van der Waals surface area contributed by atoms with Crippen molar-refractivity contribution in [2.24, 2.45) is 11.7 Å². The van der Waals surface area contributed by atoms with Gasteiger partial charge in [0, 0.05) is 13.1 Å². The molecule has 0 aliphatic carbocycles. The monoisotopic (exact) mass is 432 g/mol. The molecule has 1 atom stereocenters. The molecular formula is C20H34Cl2N4O2. The fourth-order valence-corrected chi connectivity index (χ4v) is 2.99. The molecule has 1 aromatic rings. The summed E-state index contributed by atoms with van der Waals surface area (Å²) in [6, 6.07) is 7.76. The zero-order valence-electron chi connectivity index (χ0n) is 16.8. The maximum Gasteiger partial charge on any atom is 0.239 e. The van der Waals surface area contributed by atoms with Crippen LogP contribution >= 0.6 is 24.8 Å². The first-order valence-electron chi connectivity index (χ1n) is 9.56. The van der Waals surface area contributed by atoms with Gasteiger partial charge in [-0.3, -0.25) is 14.5 Å². The SMILES string of the molecule is CC(C)[C@H](N)C(=O)NCC(=O)NCc1ccc(CN2CCCCC2)cc1.Cl.Cl. The lowest BCUT2D eigenvalue weighted by Crippen LogP contribution is -2.47. The Kier molecular flexibility index (Phi) is 13.1. The summed E-state index contributed by atoms with van der Waals surface area (Å²) < 4.78 is 0. The number of halogens is 2. The molecule has 0 aromatic heterocycles. The van der Waals surface area contributed by atoms with E-state index in [0.717, 1.165) is 12.1 Å². The highest BCUT2D eigenvalue weighted by Gasteiger charge is 2.17. The summed E-state index contributed by atoms with van der Waals surface area (Å²) in [6.07, 6.45) is 3.93. The zero-order chi connectivity index (χ0) is 18.9. The van der Waals surface area contributed by atoms with E-state index in [-0.39, 0.29) is 49.1 Å². The number of carbonyl (C=O) groups excluding carboxylic acids is 2. The van der Waals surface area contributed by atoms with Crippen LogP contribution in [0.1, 0.15) is 44.2 Å². The molecule has 4 N–H and O–H groups in total. The summed E-state index contributed by atoms with van der Waals surface area (Å²) >= 11 is 0. The maximum absolute atomic E-state index is 11.9. The smallest absolute Gasteiger partial charge is 0.239 e. The van der Waals surface area contributed by atoms with Crippen LogP contribution in [0.5, 0.6) is 0 Å². The molecule has 0 unspecified atom stereocenters. The molecule has 1 saturated heterocycles. The molecule has 6 nitrogen and oxygen atoms in total. The van der Waals surface area contributed by atoms with E-state index < -0.39 is 6.04 Å². The highest BCUT2D eigenvalue weighted by atomic mass is 35.5. The number of carbonyl (C=O) groups is 2. The Morgan fingerprint density at radius 3 is 2.14 bits per heavy atom. The van der Waals surface area contributed by atoms with Crippen molar-refractivity contribution < 1.29 is 9.59 Å². The Labute approximate surface area is 180 Å². The molecule has 0 radical (unpaired) electrons. The largest absolute Gasteiger partial charge is 0.350 e. The molecule has 1 aromatic carbocycles. The van der Waals surface area contributed by atoms with Gasteiger partial charge < -0.3 is 16.4 Å². The van der Waals surface area contributed by atoms with Crippen LogP contribution < -0.4 is 16.4 Å². The Hall–Kier alpha value is -1.34. The van der Waals surface area contributed by atoms with Crippen LogP contribution in [0.4, 0.5) is 0 Å². The van der Waals surface area contributed by atoms with Crippen LogP contribution in [0.25, 0.3) is 0 Å². The molecule has 160 valence electrons. The van der Waals surface area contributed by atoms with Crippen molar-refractivity contribution in [3.8, 4) is 0 Å². The predicted molar refractivity (Wildman–Crippen MR) is 118 cm³/mol. The Morgan fingerprint density at radius 2 is 1.57 bits per heavy atom. The molecule has 0 spiro atoms. The second-order valence-electron chi connectivity index (χ2n) is 7.42.